The Balaban J connectivity index is 1.30. The second-order valence-corrected chi connectivity index (χ2v) is 12.4. The van der Waals surface area contributed by atoms with Crippen molar-refractivity contribution in [2.24, 2.45) is 5.73 Å². The van der Waals surface area contributed by atoms with Gasteiger partial charge in [-0.1, -0.05) is 30.3 Å². The average molecular weight is 509 g/mol. The summed E-state index contributed by atoms with van der Waals surface area (Å²) in [5.41, 5.74) is 10.1. The number of aromatic amines is 1. The van der Waals surface area contributed by atoms with E-state index in [9.17, 15) is 13.2 Å². The Hall–Kier alpha value is -2.68. The Morgan fingerprint density at radius 2 is 1.81 bits per heavy atom. The smallest absolute Gasteiger partial charge is 0.250 e. The van der Waals surface area contributed by atoms with Crippen LogP contribution in [0, 0.1) is 0 Å². The van der Waals surface area contributed by atoms with Crippen molar-refractivity contribution in [1.29, 1.82) is 0 Å². The minimum atomic E-state index is -3.25. The minimum Gasteiger partial charge on any atom is -0.366 e. The highest BCUT2D eigenvalue weighted by Gasteiger charge is 2.30. The van der Waals surface area contributed by atoms with Crippen LogP contribution in [0.3, 0.4) is 0 Å². The molecule has 192 valence electrons. The van der Waals surface area contributed by atoms with E-state index in [1.165, 1.54) is 12.8 Å². The van der Waals surface area contributed by atoms with Crippen LogP contribution < -0.4 is 5.73 Å². The number of rotatable bonds is 8. The van der Waals surface area contributed by atoms with Gasteiger partial charge in [0.2, 0.25) is 10.0 Å². The third kappa shape index (κ3) is 5.08. The van der Waals surface area contributed by atoms with Crippen LogP contribution in [0.5, 0.6) is 0 Å². The number of primary amides is 1. The molecule has 7 nitrogen and oxygen atoms in total. The molecule has 2 saturated heterocycles. The Morgan fingerprint density at radius 3 is 2.47 bits per heavy atom. The van der Waals surface area contributed by atoms with Gasteiger partial charge in [0, 0.05) is 30.7 Å². The molecule has 2 aliphatic rings. The molecule has 3 aromatic rings. The van der Waals surface area contributed by atoms with Crippen LogP contribution in [0.4, 0.5) is 0 Å². The van der Waals surface area contributed by atoms with E-state index in [0.717, 1.165) is 53.5 Å². The van der Waals surface area contributed by atoms with E-state index in [2.05, 4.69) is 22.9 Å². The number of carbonyl (C=O) groups is 1. The van der Waals surface area contributed by atoms with E-state index < -0.39 is 15.9 Å². The van der Waals surface area contributed by atoms with Gasteiger partial charge in [-0.3, -0.25) is 4.79 Å². The third-order valence-corrected chi connectivity index (χ3v) is 9.98. The van der Waals surface area contributed by atoms with Gasteiger partial charge in [-0.25, -0.2) is 12.7 Å². The molecule has 0 aliphatic carbocycles. The summed E-state index contributed by atoms with van der Waals surface area (Å²) in [5, 5.41) is 0.992. The van der Waals surface area contributed by atoms with Crippen molar-refractivity contribution in [2.45, 2.75) is 51.0 Å². The van der Waals surface area contributed by atoms with Gasteiger partial charge >= 0.3 is 0 Å². The van der Waals surface area contributed by atoms with Gasteiger partial charge in [0.05, 0.1) is 16.8 Å². The van der Waals surface area contributed by atoms with Crippen molar-refractivity contribution in [3.63, 3.8) is 0 Å². The molecular formula is C28H36N4O3S. The normalized spacial score (nSPS) is 20.3. The number of piperidine rings is 1. The first-order valence-electron chi connectivity index (χ1n) is 13.1. The number of likely N-dealkylation sites (tertiary alicyclic amines) is 1. The van der Waals surface area contributed by atoms with Crippen molar-refractivity contribution >= 4 is 26.8 Å². The molecule has 0 bridgehead atoms. The number of carbonyl (C=O) groups excluding carboxylic acids is 1. The molecule has 1 aromatic heterocycles. The maximum Gasteiger partial charge on any atom is 0.250 e. The molecule has 36 heavy (non-hydrogen) atoms. The minimum absolute atomic E-state index is 0.219. The Bertz CT molecular complexity index is 1330. The number of hydrogen-bond donors (Lipinski definition) is 2. The summed E-state index contributed by atoms with van der Waals surface area (Å²) in [6.45, 7) is 5.23. The summed E-state index contributed by atoms with van der Waals surface area (Å²) in [4.78, 5) is 17.9. The molecule has 1 amide bonds. The van der Waals surface area contributed by atoms with Gasteiger partial charge in [-0.05, 0) is 86.9 Å². The van der Waals surface area contributed by atoms with Crippen LogP contribution in [0.1, 0.15) is 60.9 Å². The lowest BCUT2D eigenvalue weighted by molar-refractivity contribution is 0.100. The molecule has 0 saturated carbocycles. The van der Waals surface area contributed by atoms with E-state index in [0.29, 0.717) is 31.1 Å². The summed E-state index contributed by atoms with van der Waals surface area (Å²) >= 11 is 0. The molecular weight excluding hydrogens is 472 g/mol. The van der Waals surface area contributed by atoms with E-state index in [4.69, 9.17) is 5.73 Å². The van der Waals surface area contributed by atoms with Crippen LogP contribution in [-0.4, -0.2) is 66.5 Å². The summed E-state index contributed by atoms with van der Waals surface area (Å²) in [7, 11) is -3.25. The number of hydrogen-bond acceptors (Lipinski definition) is 4. The highest BCUT2D eigenvalue weighted by Crippen LogP contribution is 2.37. The van der Waals surface area contributed by atoms with Crippen LogP contribution >= 0.6 is 0 Å². The first-order valence-corrected chi connectivity index (χ1v) is 14.7. The zero-order chi connectivity index (χ0) is 25.3. The standard InChI is InChI=1S/C28H36N4O3S/c1-20-7-5-12-31(20)13-6-16-36(34,35)32-14-10-22(11-15-32)26-19-30-27-24(26)17-23(18-25(27)28(29)33)21-8-3-2-4-9-21/h2-4,8-9,17-20,22,30H,5-7,10-16H2,1H3,(H2,29,33). The zero-order valence-electron chi connectivity index (χ0n) is 20.9. The van der Waals surface area contributed by atoms with Gasteiger partial charge < -0.3 is 15.6 Å². The van der Waals surface area contributed by atoms with E-state index in [-0.39, 0.29) is 11.7 Å². The number of H-pyrrole nitrogens is 1. The Kier molecular flexibility index (Phi) is 7.19. The van der Waals surface area contributed by atoms with Crippen molar-refractivity contribution in [2.75, 3.05) is 31.9 Å². The first kappa shape index (κ1) is 25.0. The molecule has 3 N–H and O–H groups in total. The summed E-state index contributed by atoms with van der Waals surface area (Å²) in [6.07, 6.45) is 6.60. The van der Waals surface area contributed by atoms with Gasteiger partial charge in [-0.15, -0.1) is 0 Å². The largest absolute Gasteiger partial charge is 0.366 e. The molecule has 3 heterocycles. The molecule has 1 atom stereocenters. The molecule has 8 heteroatoms. The van der Waals surface area contributed by atoms with Crippen molar-refractivity contribution in [1.82, 2.24) is 14.2 Å². The van der Waals surface area contributed by atoms with Crippen molar-refractivity contribution in [3.8, 4) is 11.1 Å². The molecule has 1 unspecified atom stereocenters. The lowest BCUT2D eigenvalue weighted by atomic mass is 9.88. The summed E-state index contributed by atoms with van der Waals surface area (Å²) in [5.74, 6) is -0.0195. The molecule has 2 aliphatic heterocycles. The number of benzene rings is 2. The van der Waals surface area contributed by atoms with Gasteiger partial charge in [-0.2, -0.15) is 0 Å². The average Bonchev–Trinajstić information content (AvgIpc) is 3.50. The third-order valence-electron chi connectivity index (χ3n) is 8.02. The van der Waals surface area contributed by atoms with Crippen LogP contribution in [0.15, 0.2) is 48.7 Å². The molecule has 0 radical (unpaired) electrons. The number of nitrogens with zero attached hydrogens (tertiary/aromatic N) is 2. The number of sulfonamides is 1. The monoisotopic (exact) mass is 508 g/mol. The highest BCUT2D eigenvalue weighted by molar-refractivity contribution is 7.89. The number of fused-ring (bicyclic) bond motifs is 1. The molecule has 5 rings (SSSR count). The van der Waals surface area contributed by atoms with Gasteiger partial charge in [0.15, 0.2) is 0 Å². The fraction of sp³-hybridized carbons (Fsp3) is 0.464. The fourth-order valence-electron chi connectivity index (χ4n) is 5.93. The maximum atomic E-state index is 13.0. The number of nitrogens with one attached hydrogen (secondary N) is 1. The predicted molar refractivity (Wildman–Crippen MR) is 144 cm³/mol. The molecule has 2 fully saturated rings. The SMILES string of the molecule is CC1CCCN1CCCS(=O)(=O)N1CCC(c2c[nH]c3c(C(N)=O)cc(-c4ccccc4)cc23)CC1. The van der Waals surface area contributed by atoms with Crippen LogP contribution in [-0.2, 0) is 10.0 Å². The molecule has 0 spiro atoms. The van der Waals surface area contributed by atoms with Crippen molar-refractivity contribution in [3.05, 3.63) is 59.8 Å². The Labute approximate surface area is 213 Å². The maximum absolute atomic E-state index is 13.0. The van der Waals surface area contributed by atoms with E-state index in [1.54, 1.807) is 4.31 Å². The highest BCUT2D eigenvalue weighted by atomic mass is 32.2. The topological polar surface area (TPSA) is 99.5 Å². The van der Waals surface area contributed by atoms with Crippen molar-refractivity contribution < 1.29 is 13.2 Å². The van der Waals surface area contributed by atoms with Gasteiger partial charge in [0.25, 0.3) is 5.91 Å². The second kappa shape index (κ2) is 10.4. The Morgan fingerprint density at radius 1 is 1.06 bits per heavy atom. The summed E-state index contributed by atoms with van der Waals surface area (Å²) < 4.78 is 27.7. The van der Waals surface area contributed by atoms with Crippen LogP contribution in [0.25, 0.3) is 22.0 Å². The van der Waals surface area contributed by atoms with Crippen LogP contribution in [0.2, 0.25) is 0 Å². The number of nitrogens with two attached hydrogens (primary N) is 1. The zero-order valence-corrected chi connectivity index (χ0v) is 21.8. The quantitative estimate of drug-likeness (QED) is 0.473. The summed E-state index contributed by atoms with van der Waals surface area (Å²) in [6, 6.07) is 14.5. The lowest BCUT2D eigenvalue weighted by Crippen LogP contribution is -2.40. The second-order valence-electron chi connectivity index (χ2n) is 10.3. The number of aromatic nitrogens is 1. The lowest BCUT2D eigenvalue weighted by Gasteiger charge is -2.31. The van der Waals surface area contributed by atoms with E-state index in [1.807, 2.05) is 42.6 Å². The predicted octanol–water partition coefficient (Wildman–Crippen LogP) is 4.32. The molecule has 2 aromatic carbocycles. The fourth-order valence-corrected chi connectivity index (χ4v) is 7.45. The van der Waals surface area contributed by atoms with Gasteiger partial charge in [0.1, 0.15) is 0 Å². The first-order chi connectivity index (χ1) is 17.3. The number of amides is 1. The van der Waals surface area contributed by atoms with E-state index >= 15 is 0 Å².